The van der Waals surface area contributed by atoms with Gasteiger partial charge in [-0.3, -0.25) is 4.79 Å². The number of likely N-dealkylation sites (N-methyl/N-ethyl adjacent to an activating group) is 1. The number of carbonyl (C=O) groups is 2. The number of hydrogen-bond acceptors (Lipinski definition) is 7. The summed E-state index contributed by atoms with van der Waals surface area (Å²) >= 11 is 0. The number of furan rings is 1. The van der Waals surface area contributed by atoms with Gasteiger partial charge in [-0.25, -0.2) is 13.2 Å². The van der Waals surface area contributed by atoms with E-state index in [0.29, 0.717) is 29.9 Å². The molecule has 0 aliphatic carbocycles. The first kappa shape index (κ1) is 20.2. The van der Waals surface area contributed by atoms with Gasteiger partial charge < -0.3 is 18.8 Å². The third-order valence-corrected chi connectivity index (χ3v) is 6.72. The standard InChI is InChI=1S/C19H23NO7S/c1-4-20(13-7-8-28(23,24)11-13)17(21)10-26-19(22)18-12(2)15-9-14(25-3)5-6-16(15)27-18/h5-6,9,13H,4,7-8,10-11H2,1-3H3. The van der Waals surface area contributed by atoms with E-state index in [9.17, 15) is 18.0 Å². The Morgan fingerprint density at radius 2 is 2.07 bits per heavy atom. The minimum atomic E-state index is -3.11. The highest BCUT2D eigenvalue weighted by Crippen LogP contribution is 2.29. The molecule has 1 saturated heterocycles. The Bertz CT molecular complexity index is 1010. The average Bonchev–Trinajstić information content (AvgIpc) is 3.19. The fourth-order valence-corrected chi connectivity index (χ4v) is 5.19. The minimum absolute atomic E-state index is 0.0301. The first-order valence-electron chi connectivity index (χ1n) is 9.00. The van der Waals surface area contributed by atoms with E-state index in [4.69, 9.17) is 13.9 Å². The van der Waals surface area contributed by atoms with E-state index < -0.39 is 28.3 Å². The van der Waals surface area contributed by atoms with Crippen LogP contribution in [0.15, 0.2) is 22.6 Å². The van der Waals surface area contributed by atoms with Crippen molar-refractivity contribution < 1.29 is 31.9 Å². The van der Waals surface area contributed by atoms with E-state index in [0.717, 1.165) is 5.39 Å². The van der Waals surface area contributed by atoms with Crippen LogP contribution in [0.4, 0.5) is 0 Å². The molecule has 1 amide bonds. The second-order valence-corrected chi connectivity index (χ2v) is 8.96. The van der Waals surface area contributed by atoms with Crippen molar-refractivity contribution in [2.45, 2.75) is 26.3 Å². The predicted molar refractivity (Wildman–Crippen MR) is 102 cm³/mol. The number of nitrogens with zero attached hydrogens (tertiary/aromatic N) is 1. The molecule has 1 atom stereocenters. The predicted octanol–water partition coefficient (Wildman–Crippen LogP) is 1.94. The number of hydrogen-bond donors (Lipinski definition) is 0. The maximum Gasteiger partial charge on any atom is 0.375 e. The molecule has 28 heavy (non-hydrogen) atoms. The Morgan fingerprint density at radius 3 is 2.68 bits per heavy atom. The van der Waals surface area contributed by atoms with Gasteiger partial charge in [0.25, 0.3) is 5.91 Å². The van der Waals surface area contributed by atoms with E-state index >= 15 is 0 Å². The molecule has 8 nitrogen and oxygen atoms in total. The van der Waals surface area contributed by atoms with Crippen molar-refractivity contribution in [3.63, 3.8) is 0 Å². The van der Waals surface area contributed by atoms with Crippen molar-refractivity contribution in [3.8, 4) is 5.75 Å². The quantitative estimate of drug-likeness (QED) is 0.672. The van der Waals surface area contributed by atoms with Crippen LogP contribution in [0.25, 0.3) is 11.0 Å². The van der Waals surface area contributed by atoms with Crippen LogP contribution < -0.4 is 4.74 Å². The van der Waals surface area contributed by atoms with E-state index in [1.807, 2.05) is 0 Å². The lowest BCUT2D eigenvalue weighted by molar-refractivity contribution is -0.136. The molecule has 0 N–H and O–H groups in total. The lowest BCUT2D eigenvalue weighted by Crippen LogP contribution is -2.43. The molecular weight excluding hydrogens is 386 g/mol. The highest BCUT2D eigenvalue weighted by Gasteiger charge is 2.34. The largest absolute Gasteiger partial charge is 0.497 e. The molecule has 152 valence electrons. The summed E-state index contributed by atoms with van der Waals surface area (Å²) in [6.07, 6.45) is 0.403. The number of fused-ring (bicyclic) bond motifs is 1. The van der Waals surface area contributed by atoms with Crippen molar-refractivity contribution >= 4 is 32.7 Å². The first-order chi connectivity index (χ1) is 13.3. The van der Waals surface area contributed by atoms with Crippen molar-refractivity contribution in [3.05, 3.63) is 29.5 Å². The number of esters is 1. The van der Waals surface area contributed by atoms with Crippen LogP contribution in [0, 0.1) is 6.92 Å². The number of aryl methyl sites for hydroxylation is 1. The summed E-state index contributed by atoms with van der Waals surface area (Å²) in [5, 5.41) is 0.726. The monoisotopic (exact) mass is 409 g/mol. The van der Waals surface area contributed by atoms with Gasteiger partial charge in [0.1, 0.15) is 11.3 Å². The smallest absolute Gasteiger partial charge is 0.375 e. The summed E-state index contributed by atoms with van der Waals surface area (Å²) in [7, 11) is -1.56. The highest BCUT2D eigenvalue weighted by atomic mass is 32.2. The molecular formula is C19H23NO7S. The third-order valence-electron chi connectivity index (χ3n) is 4.97. The Hall–Kier alpha value is -2.55. The van der Waals surface area contributed by atoms with Gasteiger partial charge in [0.2, 0.25) is 5.76 Å². The Balaban J connectivity index is 1.68. The first-order valence-corrected chi connectivity index (χ1v) is 10.8. The van der Waals surface area contributed by atoms with Crippen LogP contribution in [0.1, 0.15) is 29.5 Å². The molecule has 0 bridgehead atoms. The van der Waals surface area contributed by atoms with Crippen molar-refractivity contribution in [1.82, 2.24) is 4.90 Å². The van der Waals surface area contributed by atoms with Crippen LogP contribution >= 0.6 is 0 Å². The average molecular weight is 409 g/mol. The van der Waals surface area contributed by atoms with Gasteiger partial charge in [0.15, 0.2) is 16.4 Å². The molecule has 1 unspecified atom stereocenters. The fourth-order valence-electron chi connectivity index (χ4n) is 3.46. The number of rotatable bonds is 6. The van der Waals surface area contributed by atoms with Crippen LogP contribution in [0.5, 0.6) is 5.75 Å². The summed E-state index contributed by atoms with van der Waals surface area (Å²) in [5.74, 6) is -0.475. The summed E-state index contributed by atoms with van der Waals surface area (Å²) < 4.78 is 39.2. The van der Waals surface area contributed by atoms with Crippen LogP contribution in [-0.2, 0) is 19.4 Å². The zero-order valence-corrected chi connectivity index (χ0v) is 16.9. The maximum atomic E-state index is 12.5. The lowest BCUT2D eigenvalue weighted by Gasteiger charge is -2.26. The minimum Gasteiger partial charge on any atom is -0.497 e. The number of ether oxygens (including phenoxy) is 2. The normalized spacial score (nSPS) is 18.2. The summed E-state index contributed by atoms with van der Waals surface area (Å²) in [4.78, 5) is 26.3. The molecule has 0 saturated carbocycles. The molecule has 9 heteroatoms. The zero-order valence-electron chi connectivity index (χ0n) is 16.1. The van der Waals surface area contributed by atoms with Gasteiger partial charge in [-0.2, -0.15) is 0 Å². The lowest BCUT2D eigenvalue weighted by atomic mass is 10.1. The number of benzene rings is 1. The van der Waals surface area contributed by atoms with E-state index in [1.54, 1.807) is 39.2 Å². The molecule has 2 aromatic rings. The highest BCUT2D eigenvalue weighted by molar-refractivity contribution is 7.91. The summed E-state index contributed by atoms with van der Waals surface area (Å²) in [5.41, 5.74) is 1.11. The third kappa shape index (κ3) is 3.99. The van der Waals surface area contributed by atoms with E-state index in [2.05, 4.69) is 0 Å². The summed E-state index contributed by atoms with van der Waals surface area (Å²) in [6.45, 7) is 3.37. The Labute approximate surface area is 163 Å². The molecule has 3 rings (SSSR count). The molecule has 1 aliphatic rings. The van der Waals surface area contributed by atoms with Crippen molar-refractivity contribution in [1.29, 1.82) is 0 Å². The Morgan fingerprint density at radius 1 is 1.32 bits per heavy atom. The van der Waals surface area contributed by atoms with Gasteiger partial charge in [-0.1, -0.05) is 0 Å². The van der Waals surface area contributed by atoms with Crippen molar-refractivity contribution in [2.24, 2.45) is 0 Å². The van der Waals surface area contributed by atoms with Crippen LogP contribution in [-0.4, -0.2) is 63.0 Å². The Kier molecular flexibility index (Phi) is 5.64. The molecule has 0 radical (unpaired) electrons. The fraction of sp³-hybridized carbons (Fsp3) is 0.474. The zero-order chi connectivity index (χ0) is 20.5. The van der Waals surface area contributed by atoms with Gasteiger partial charge in [-0.05, 0) is 38.5 Å². The molecule has 1 fully saturated rings. The number of methoxy groups -OCH3 is 1. The van der Waals surface area contributed by atoms with E-state index in [-0.39, 0.29) is 23.3 Å². The van der Waals surface area contributed by atoms with Gasteiger partial charge in [-0.15, -0.1) is 0 Å². The molecule has 1 aliphatic heterocycles. The number of sulfone groups is 1. The maximum absolute atomic E-state index is 12.5. The van der Waals surface area contributed by atoms with Crippen LogP contribution in [0.2, 0.25) is 0 Å². The number of amides is 1. The van der Waals surface area contributed by atoms with Gasteiger partial charge in [0.05, 0.1) is 18.6 Å². The molecule has 1 aromatic heterocycles. The second kappa shape index (κ2) is 7.83. The van der Waals surface area contributed by atoms with Gasteiger partial charge in [0, 0.05) is 23.5 Å². The topological polar surface area (TPSA) is 103 Å². The molecule has 2 heterocycles. The SMILES string of the molecule is CCN(C(=O)COC(=O)c1oc2ccc(OC)cc2c1C)C1CCS(=O)(=O)C1. The summed E-state index contributed by atoms with van der Waals surface area (Å²) in [6, 6.07) is 4.80. The van der Waals surface area contributed by atoms with Crippen LogP contribution in [0.3, 0.4) is 0 Å². The molecule has 0 spiro atoms. The second-order valence-electron chi connectivity index (χ2n) is 6.73. The number of carbonyl (C=O) groups excluding carboxylic acids is 2. The van der Waals surface area contributed by atoms with Gasteiger partial charge >= 0.3 is 5.97 Å². The molecule has 1 aromatic carbocycles. The van der Waals surface area contributed by atoms with Crippen molar-refractivity contribution in [2.75, 3.05) is 31.8 Å². The van der Waals surface area contributed by atoms with E-state index in [1.165, 1.54) is 4.90 Å².